The molecule has 0 bridgehead atoms. The number of nitrogens with one attached hydrogen (secondary N) is 2. The molecule has 1 fully saturated rings. The Morgan fingerprint density at radius 1 is 1.32 bits per heavy atom. The van der Waals surface area contributed by atoms with E-state index in [4.69, 9.17) is 35.4 Å². The van der Waals surface area contributed by atoms with E-state index in [2.05, 4.69) is 24.5 Å². The third-order valence-electron chi connectivity index (χ3n) is 3.48. The van der Waals surface area contributed by atoms with Gasteiger partial charge in [-0.1, -0.05) is 37.0 Å². The summed E-state index contributed by atoms with van der Waals surface area (Å²) in [5.41, 5.74) is 1.26. The van der Waals surface area contributed by atoms with Crippen LogP contribution in [-0.2, 0) is 0 Å². The second-order valence-corrected chi connectivity index (χ2v) is 7.05. The summed E-state index contributed by atoms with van der Waals surface area (Å²) in [6, 6.07) is 5.85. The number of rotatable bonds is 2. The molecule has 0 saturated heterocycles. The van der Waals surface area contributed by atoms with Crippen LogP contribution in [0.1, 0.15) is 33.1 Å². The van der Waals surface area contributed by atoms with Crippen molar-refractivity contribution in [2.24, 2.45) is 5.41 Å². The summed E-state index contributed by atoms with van der Waals surface area (Å²) in [7, 11) is 0. The van der Waals surface area contributed by atoms with E-state index >= 15 is 0 Å². The van der Waals surface area contributed by atoms with Crippen LogP contribution in [0.5, 0.6) is 0 Å². The molecule has 0 spiro atoms. The molecule has 1 aromatic rings. The van der Waals surface area contributed by atoms with Gasteiger partial charge in [0.05, 0.1) is 10.0 Å². The Bertz CT molecular complexity index is 488. The Balaban J connectivity index is 1.89. The van der Waals surface area contributed by atoms with Crippen LogP contribution in [0.25, 0.3) is 0 Å². The quantitative estimate of drug-likeness (QED) is 0.762. The maximum absolute atomic E-state index is 5.97. The van der Waals surface area contributed by atoms with E-state index in [0.29, 0.717) is 26.6 Å². The lowest BCUT2D eigenvalue weighted by Gasteiger charge is -2.19. The van der Waals surface area contributed by atoms with E-state index < -0.39 is 0 Å². The van der Waals surface area contributed by atoms with Gasteiger partial charge in [0.2, 0.25) is 0 Å². The molecule has 0 heterocycles. The van der Waals surface area contributed by atoms with Crippen molar-refractivity contribution >= 4 is 46.2 Å². The van der Waals surface area contributed by atoms with Crippen molar-refractivity contribution in [3.05, 3.63) is 28.2 Å². The van der Waals surface area contributed by atoms with E-state index in [1.165, 1.54) is 6.42 Å². The highest BCUT2D eigenvalue weighted by molar-refractivity contribution is 7.80. The molecule has 0 amide bonds. The predicted octanol–water partition coefficient (Wildman–Crippen LogP) is 4.86. The first-order chi connectivity index (χ1) is 8.85. The van der Waals surface area contributed by atoms with E-state index in [0.717, 1.165) is 18.5 Å². The zero-order valence-electron chi connectivity index (χ0n) is 11.1. The number of hydrogen-bond donors (Lipinski definition) is 2. The summed E-state index contributed by atoms with van der Waals surface area (Å²) in [5.74, 6) is 0. The van der Waals surface area contributed by atoms with Crippen LogP contribution in [0, 0.1) is 5.41 Å². The standard InChI is InChI=1S/C14H18Cl2N2S/c1-14(2)6-5-10(8-14)18-13(19)17-9-3-4-11(15)12(16)7-9/h3-4,7,10H,5-6,8H2,1-2H3,(H2,17,18,19). The summed E-state index contributed by atoms with van der Waals surface area (Å²) in [6.45, 7) is 4.59. The van der Waals surface area contributed by atoms with Gasteiger partial charge in [-0.15, -0.1) is 0 Å². The van der Waals surface area contributed by atoms with Crippen LogP contribution < -0.4 is 10.6 Å². The lowest BCUT2D eigenvalue weighted by atomic mass is 9.92. The average Bonchev–Trinajstić information content (AvgIpc) is 2.63. The zero-order chi connectivity index (χ0) is 14.0. The molecule has 2 N–H and O–H groups in total. The first-order valence-corrected chi connectivity index (χ1v) is 7.55. The van der Waals surface area contributed by atoms with Crippen LogP contribution in [0.3, 0.4) is 0 Å². The van der Waals surface area contributed by atoms with Gasteiger partial charge in [-0.2, -0.15) is 0 Å². The minimum absolute atomic E-state index is 0.414. The van der Waals surface area contributed by atoms with Crippen LogP contribution >= 0.6 is 35.4 Å². The molecule has 1 unspecified atom stereocenters. The van der Waals surface area contributed by atoms with Gasteiger partial charge in [-0.3, -0.25) is 0 Å². The average molecular weight is 317 g/mol. The fourth-order valence-electron chi connectivity index (χ4n) is 2.49. The number of benzene rings is 1. The molecular formula is C14H18Cl2N2S. The molecule has 0 radical (unpaired) electrons. The van der Waals surface area contributed by atoms with E-state index in [1.807, 2.05) is 6.07 Å². The lowest BCUT2D eigenvalue weighted by molar-refractivity contribution is 0.372. The monoisotopic (exact) mass is 316 g/mol. The van der Waals surface area contributed by atoms with Crippen LogP contribution in [0.2, 0.25) is 10.0 Å². The Morgan fingerprint density at radius 3 is 2.63 bits per heavy atom. The highest BCUT2D eigenvalue weighted by atomic mass is 35.5. The minimum Gasteiger partial charge on any atom is -0.360 e. The van der Waals surface area contributed by atoms with Gasteiger partial charge < -0.3 is 10.6 Å². The van der Waals surface area contributed by atoms with Gasteiger partial charge in [0.25, 0.3) is 0 Å². The zero-order valence-corrected chi connectivity index (χ0v) is 13.4. The van der Waals surface area contributed by atoms with E-state index in [1.54, 1.807) is 12.1 Å². The molecule has 0 aliphatic heterocycles. The van der Waals surface area contributed by atoms with E-state index in [-0.39, 0.29) is 0 Å². The largest absolute Gasteiger partial charge is 0.360 e. The maximum Gasteiger partial charge on any atom is 0.170 e. The van der Waals surface area contributed by atoms with Gasteiger partial charge in [-0.25, -0.2) is 0 Å². The molecule has 1 aromatic carbocycles. The minimum atomic E-state index is 0.414. The fraction of sp³-hybridized carbons (Fsp3) is 0.500. The molecule has 1 atom stereocenters. The van der Waals surface area contributed by atoms with Gasteiger partial charge in [0.15, 0.2) is 5.11 Å². The number of hydrogen-bond acceptors (Lipinski definition) is 1. The van der Waals surface area contributed by atoms with Crippen molar-refractivity contribution in [1.29, 1.82) is 0 Å². The second kappa shape index (κ2) is 5.86. The molecule has 1 saturated carbocycles. The smallest absolute Gasteiger partial charge is 0.170 e. The highest BCUT2D eigenvalue weighted by Crippen LogP contribution is 2.36. The fourth-order valence-corrected chi connectivity index (χ4v) is 3.07. The van der Waals surface area contributed by atoms with Gasteiger partial charge in [-0.05, 0) is 55.1 Å². The van der Waals surface area contributed by atoms with Crippen molar-refractivity contribution in [1.82, 2.24) is 5.32 Å². The first kappa shape index (κ1) is 14.9. The van der Waals surface area contributed by atoms with Crippen LogP contribution in [-0.4, -0.2) is 11.2 Å². The number of anilines is 1. The predicted molar refractivity (Wildman–Crippen MR) is 87.2 cm³/mol. The molecule has 0 aromatic heterocycles. The van der Waals surface area contributed by atoms with Crippen molar-refractivity contribution < 1.29 is 0 Å². The van der Waals surface area contributed by atoms with Crippen molar-refractivity contribution in [2.75, 3.05) is 5.32 Å². The summed E-state index contributed by atoms with van der Waals surface area (Å²) < 4.78 is 0. The molecule has 104 valence electrons. The third kappa shape index (κ3) is 4.23. The Kier molecular flexibility index (Phi) is 4.59. The second-order valence-electron chi connectivity index (χ2n) is 5.83. The van der Waals surface area contributed by atoms with Crippen LogP contribution in [0.15, 0.2) is 18.2 Å². The molecule has 1 aliphatic carbocycles. The SMILES string of the molecule is CC1(C)CCC(NC(=S)Nc2ccc(Cl)c(Cl)c2)C1. The third-order valence-corrected chi connectivity index (χ3v) is 4.44. The van der Waals surface area contributed by atoms with E-state index in [9.17, 15) is 0 Å². The molecule has 2 nitrogen and oxygen atoms in total. The Hall–Kier alpha value is -0.510. The summed E-state index contributed by atoms with van der Waals surface area (Å²) >= 11 is 17.2. The van der Waals surface area contributed by atoms with Gasteiger partial charge in [0.1, 0.15) is 0 Å². The summed E-state index contributed by atoms with van der Waals surface area (Å²) in [4.78, 5) is 0. The maximum atomic E-state index is 5.97. The topological polar surface area (TPSA) is 24.1 Å². The Morgan fingerprint density at radius 2 is 2.05 bits per heavy atom. The molecule has 19 heavy (non-hydrogen) atoms. The summed E-state index contributed by atoms with van der Waals surface area (Å²) in [6.07, 6.45) is 3.55. The molecular weight excluding hydrogens is 299 g/mol. The summed E-state index contributed by atoms with van der Waals surface area (Å²) in [5, 5.41) is 8.21. The van der Waals surface area contributed by atoms with Crippen LogP contribution in [0.4, 0.5) is 5.69 Å². The van der Waals surface area contributed by atoms with Crippen molar-refractivity contribution in [3.63, 3.8) is 0 Å². The molecule has 5 heteroatoms. The van der Waals surface area contributed by atoms with Gasteiger partial charge >= 0.3 is 0 Å². The Labute approximate surface area is 129 Å². The number of thiocarbonyl (C=S) groups is 1. The normalized spacial score (nSPS) is 21.2. The van der Waals surface area contributed by atoms with Crippen molar-refractivity contribution in [2.45, 2.75) is 39.2 Å². The first-order valence-electron chi connectivity index (χ1n) is 6.38. The van der Waals surface area contributed by atoms with Gasteiger partial charge in [0, 0.05) is 11.7 Å². The lowest BCUT2D eigenvalue weighted by Crippen LogP contribution is -2.36. The number of halogens is 2. The van der Waals surface area contributed by atoms with Crippen molar-refractivity contribution in [3.8, 4) is 0 Å². The molecule has 1 aliphatic rings. The molecule has 2 rings (SSSR count). The highest BCUT2D eigenvalue weighted by Gasteiger charge is 2.31.